The van der Waals surface area contributed by atoms with Gasteiger partial charge < -0.3 is 4.74 Å². The minimum absolute atomic E-state index is 0.613. The molecule has 0 heterocycles. The number of rotatable bonds is 2. The van der Waals surface area contributed by atoms with E-state index in [4.69, 9.17) is 4.74 Å². The van der Waals surface area contributed by atoms with Gasteiger partial charge in [0, 0.05) is 0 Å². The number of alkyl halides is 14. The van der Waals surface area contributed by atoms with Crippen LogP contribution < -0.4 is 0 Å². The van der Waals surface area contributed by atoms with Crippen LogP contribution in [-0.4, -0.2) is 28.4 Å². The molecule has 0 amide bonds. The van der Waals surface area contributed by atoms with Crippen LogP contribution in [0.4, 0.5) is 0 Å². The van der Waals surface area contributed by atoms with E-state index in [0.29, 0.717) is 0 Å². The third kappa shape index (κ3) is 4.55. The average Bonchev–Trinajstić information content (AvgIpc) is 2.48. The summed E-state index contributed by atoms with van der Waals surface area (Å²) >= 11 is 52.2. The van der Waals surface area contributed by atoms with E-state index in [2.05, 4.69) is 223 Å². The Morgan fingerprint density at radius 1 is 0.370 bits per heavy atom. The van der Waals surface area contributed by atoms with Crippen molar-refractivity contribution in [1.29, 1.82) is 0 Å². The fraction of sp³-hybridized carbons (Fsp3) is 0.667. The van der Waals surface area contributed by atoms with E-state index in [0.717, 1.165) is 0 Å². The quantitative estimate of drug-likeness (QED) is 0.198. The molecule has 1 nitrogen and oxygen atoms in total. The molecule has 0 bridgehead atoms. The summed E-state index contributed by atoms with van der Waals surface area (Å²) in [6.45, 7) is 0. The first kappa shape index (κ1) is 29.4. The van der Waals surface area contributed by atoms with Crippen LogP contribution in [0.1, 0.15) is 0 Å². The summed E-state index contributed by atoms with van der Waals surface area (Å²) in [7, 11) is 0. The monoisotopic (exact) mass is 1270 g/mol. The van der Waals surface area contributed by atoms with Gasteiger partial charge in [-0.05, 0) is 44.0 Å². The third-order valence-electron chi connectivity index (χ3n) is 3.79. The topological polar surface area (TPSA) is 9.23 Å². The molecule has 0 fully saturated rings. The lowest BCUT2D eigenvalue weighted by atomic mass is 10.0. The van der Waals surface area contributed by atoms with Crippen LogP contribution in [0.3, 0.4) is 0 Å². The van der Waals surface area contributed by atoms with Crippen molar-refractivity contribution in [2.45, 2.75) is 28.4 Å². The zero-order valence-corrected chi connectivity index (χ0v) is 34.2. The van der Waals surface area contributed by atoms with Crippen molar-refractivity contribution in [3.8, 4) is 0 Å². The highest BCUT2D eigenvalue weighted by Crippen LogP contribution is 2.73. The molecular weight excluding hydrogens is 1280 g/mol. The first-order valence-corrected chi connectivity index (χ1v) is 17.5. The molecule has 2 unspecified atom stereocenters. The molecule has 0 N–H and O–H groups in total. The fourth-order valence-corrected chi connectivity index (χ4v) is 12.4. The smallest absolute Gasteiger partial charge is 0.170 e. The summed E-state index contributed by atoms with van der Waals surface area (Å²) in [6, 6.07) is 0. The molecule has 2 atom stereocenters. The van der Waals surface area contributed by atoms with Gasteiger partial charge in [0.1, 0.15) is 12.9 Å². The van der Waals surface area contributed by atoms with Crippen LogP contribution in [0.25, 0.3) is 0 Å². The van der Waals surface area contributed by atoms with E-state index in [1.165, 1.54) is 0 Å². The first-order chi connectivity index (χ1) is 11.6. The highest BCUT2D eigenvalue weighted by atomic mass is 79.9. The predicted molar refractivity (Wildman–Crippen MR) is 166 cm³/mol. The molecule has 0 aromatic carbocycles. The molecule has 156 valence electrons. The van der Waals surface area contributed by atoms with Crippen molar-refractivity contribution in [1.82, 2.24) is 0 Å². The van der Waals surface area contributed by atoms with E-state index < -0.39 is 28.4 Å². The summed E-state index contributed by atoms with van der Waals surface area (Å²) < 4.78 is 0.121. The Bertz CT molecular complexity index is 636. The van der Waals surface area contributed by atoms with Crippen molar-refractivity contribution in [3.05, 3.63) is 24.3 Å². The van der Waals surface area contributed by atoms with Gasteiger partial charge in [0.25, 0.3) is 0 Å². The molecule has 0 saturated carbocycles. The molecule has 0 aromatic rings. The van der Waals surface area contributed by atoms with Gasteiger partial charge in [-0.15, -0.1) is 0 Å². The summed E-state index contributed by atoms with van der Waals surface area (Å²) in [5, 5.41) is 0. The maximum Gasteiger partial charge on any atom is 0.170 e. The van der Waals surface area contributed by atoms with Crippen molar-refractivity contribution in [2.75, 3.05) is 0 Å². The van der Waals surface area contributed by atoms with Crippen LogP contribution in [-0.2, 0) is 4.74 Å². The van der Waals surface area contributed by atoms with Gasteiger partial charge in [-0.2, -0.15) is 0 Å². The van der Waals surface area contributed by atoms with Crippen LogP contribution in [0.15, 0.2) is 24.3 Å². The molecule has 0 saturated heterocycles. The number of allylic oxidation sites excluding steroid dienone is 2. The molecule has 0 aliphatic heterocycles. The first-order valence-electron chi connectivity index (χ1n) is 6.38. The summed E-state index contributed by atoms with van der Waals surface area (Å²) in [5.41, 5.74) is 0. The Morgan fingerprint density at radius 3 is 0.889 bits per heavy atom. The minimum Gasteiger partial charge on any atom is -0.334 e. The van der Waals surface area contributed by atoms with E-state index in [1.807, 2.05) is 24.3 Å². The number of hydrogen-bond donors (Lipinski definition) is 0. The Morgan fingerprint density at radius 2 is 0.630 bits per heavy atom. The average molecular weight is 1280 g/mol. The predicted octanol–water partition coefficient (Wildman–Crippen LogP) is 11.2. The van der Waals surface area contributed by atoms with E-state index in [-0.39, 0.29) is 0 Å². The summed E-state index contributed by atoms with van der Waals surface area (Å²) in [6.07, 6.45) is 7.63. The second-order valence-electron chi connectivity index (χ2n) is 5.60. The Hall–Kier alpha value is 6.16. The van der Waals surface area contributed by atoms with Gasteiger partial charge in [-0.3, -0.25) is 0 Å². The largest absolute Gasteiger partial charge is 0.334 e. The van der Waals surface area contributed by atoms with Gasteiger partial charge in [-0.1, -0.05) is 203 Å². The zero-order valence-electron chi connectivity index (χ0n) is 12.0. The Balaban J connectivity index is 2.62. The summed E-state index contributed by atoms with van der Waals surface area (Å²) in [5.74, 6) is 0. The lowest BCUT2D eigenvalue weighted by Crippen LogP contribution is -2.67. The normalized spacial score (nSPS) is 39.9. The Kier molecular flexibility index (Phi) is 9.71. The molecule has 2 rings (SSSR count). The van der Waals surface area contributed by atoms with Crippen molar-refractivity contribution < 1.29 is 4.74 Å². The SMILES string of the molecule is BrC1(Br)C=CC(Br)(OC2(Br)C=CC(Br)(Br)C(Br)(Br)C2(Br)Br)C(Br)(Br)C1(Br)Br. The van der Waals surface area contributed by atoms with E-state index in [9.17, 15) is 0 Å². The van der Waals surface area contributed by atoms with Gasteiger partial charge in [0.05, 0.1) is 0 Å². The fourth-order valence-electron chi connectivity index (χ4n) is 2.10. The molecule has 0 spiro atoms. The molecule has 0 radical (unpaired) electrons. The highest BCUT2D eigenvalue weighted by Gasteiger charge is 2.73. The van der Waals surface area contributed by atoms with Crippen LogP contribution in [0.2, 0.25) is 0 Å². The summed E-state index contributed by atoms with van der Waals surface area (Å²) in [4.78, 5) is 0. The zero-order chi connectivity index (χ0) is 21.5. The van der Waals surface area contributed by atoms with Gasteiger partial charge >= 0.3 is 0 Å². The highest BCUT2D eigenvalue weighted by molar-refractivity contribution is 9.34. The molecule has 2 aliphatic carbocycles. The Labute approximate surface area is 275 Å². The van der Waals surface area contributed by atoms with E-state index >= 15 is 0 Å². The van der Waals surface area contributed by atoms with Gasteiger partial charge in [0.15, 0.2) is 15.5 Å². The third-order valence-corrected chi connectivity index (χ3v) is 29.5. The number of hydrogen-bond acceptors (Lipinski definition) is 1. The maximum atomic E-state index is 6.66. The molecule has 15 heteroatoms. The second kappa shape index (κ2) is 8.92. The van der Waals surface area contributed by atoms with Crippen molar-refractivity contribution in [3.63, 3.8) is 0 Å². The van der Waals surface area contributed by atoms with E-state index in [1.54, 1.807) is 0 Å². The molecule has 0 aromatic heterocycles. The van der Waals surface area contributed by atoms with Gasteiger partial charge in [0.2, 0.25) is 0 Å². The van der Waals surface area contributed by atoms with Crippen LogP contribution in [0.5, 0.6) is 0 Å². The minimum atomic E-state index is -1.03. The van der Waals surface area contributed by atoms with Crippen molar-refractivity contribution >= 4 is 223 Å². The maximum absolute atomic E-state index is 6.66. The molecular formula is C12H4Br14O. The lowest BCUT2D eigenvalue weighted by molar-refractivity contribution is -0.00878. The van der Waals surface area contributed by atoms with Gasteiger partial charge in [-0.25, -0.2) is 0 Å². The van der Waals surface area contributed by atoms with Crippen LogP contribution in [0, 0.1) is 0 Å². The van der Waals surface area contributed by atoms with Crippen molar-refractivity contribution in [2.24, 2.45) is 0 Å². The second-order valence-corrected chi connectivity index (χ2v) is 28.9. The number of halogens is 14. The standard InChI is InChI=1S/C12H4Br14O/c13-5(14)1-3-7(17,11(23,24)9(5,19)20)27-8(18)4-2-6(15,16)10(21,22)12(8,25)26/h1-4H. The lowest BCUT2D eigenvalue weighted by Gasteiger charge is -2.57. The van der Waals surface area contributed by atoms with Crippen LogP contribution >= 0.6 is 223 Å². The molecule has 2 aliphatic rings. The molecule has 27 heavy (non-hydrogen) atoms. The number of ether oxygens (including phenoxy) is 1.